The normalized spacial score (nSPS) is 29.2. The molecular weight excluding hydrogens is 286 g/mol. The standard InChI is InChI=1S/C15H21N3O2S/c1-2-5-11-14(19)18(15(20)16-11)10-17-8-3-6-12(17)13-7-4-9-21-13/h4,7,9,11-12H,2-3,5-6,8,10H2,1H3,(H,16,20)/p+1/t11-,12+/m0/s1. The molecule has 1 unspecified atom stereocenters. The molecule has 2 N–H and O–H groups in total. The minimum absolute atomic E-state index is 0.0498. The van der Waals surface area contributed by atoms with E-state index in [4.69, 9.17) is 0 Å². The molecule has 3 atom stereocenters. The lowest BCUT2D eigenvalue weighted by Gasteiger charge is -2.24. The number of hydrogen-bond donors (Lipinski definition) is 2. The molecule has 2 fully saturated rings. The Hall–Kier alpha value is -1.40. The predicted molar refractivity (Wildman–Crippen MR) is 81.1 cm³/mol. The molecule has 0 radical (unpaired) electrons. The van der Waals surface area contributed by atoms with Crippen LogP contribution in [-0.2, 0) is 4.79 Å². The van der Waals surface area contributed by atoms with E-state index in [0.717, 1.165) is 32.2 Å². The number of quaternary nitrogens is 1. The van der Waals surface area contributed by atoms with E-state index in [1.807, 2.05) is 6.92 Å². The summed E-state index contributed by atoms with van der Waals surface area (Å²) in [7, 11) is 0. The first-order valence-corrected chi connectivity index (χ1v) is 8.58. The van der Waals surface area contributed by atoms with Gasteiger partial charge in [0.1, 0.15) is 12.1 Å². The quantitative estimate of drug-likeness (QED) is 0.802. The van der Waals surface area contributed by atoms with Gasteiger partial charge in [-0.2, -0.15) is 0 Å². The number of imide groups is 1. The molecule has 0 aliphatic carbocycles. The summed E-state index contributed by atoms with van der Waals surface area (Å²) in [5, 5.41) is 4.90. The maximum Gasteiger partial charge on any atom is 0.329 e. The van der Waals surface area contributed by atoms with E-state index in [2.05, 4.69) is 22.8 Å². The SMILES string of the molecule is CCC[C@@H]1NC(=O)N(C[NH+]2CCC[C@@H]2c2cccs2)C1=O. The summed E-state index contributed by atoms with van der Waals surface area (Å²) in [6, 6.07) is 4.12. The number of rotatable bonds is 5. The van der Waals surface area contributed by atoms with Crippen LogP contribution in [0.25, 0.3) is 0 Å². The number of carbonyl (C=O) groups excluding carboxylic acids is 2. The number of amides is 3. The van der Waals surface area contributed by atoms with E-state index in [9.17, 15) is 9.59 Å². The van der Waals surface area contributed by atoms with E-state index >= 15 is 0 Å². The molecule has 5 nitrogen and oxygen atoms in total. The fourth-order valence-corrected chi connectivity index (χ4v) is 4.27. The highest BCUT2D eigenvalue weighted by atomic mass is 32.1. The molecule has 1 aromatic heterocycles. The highest BCUT2D eigenvalue weighted by Gasteiger charge is 2.42. The molecule has 3 rings (SSSR count). The number of nitrogens with zero attached hydrogens (tertiary/aromatic N) is 1. The number of likely N-dealkylation sites (tertiary alicyclic amines) is 1. The van der Waals surface area contributed by atoms with Crippen LogP contribution in [0.2, 0.25) is 0 Å². The average molecular weight is 308 g/mol. The lowest BCUT2D eigenvalue weighted by molar-refractivity contribution is -0.925. The molecule has 2 aliphatic rings. The van der Waals surface area contributed by atoms with Crippen LogP contribution in [0.15, 0.2) is 17.5 Å². The van der Waals surface area contributed by atoms with E-state index < -0.39 is 0 Å². The Kier molecular flexibility index (Phi) is 4.26. The van der Waals surface area contributed by atoms with Crippen LogP contribution in [0, 0.1) is 0 Å². The zero-order valence-corrected chi connectivity index (χ0v) is 13.1. The summed E-state index contributed by atoms with van der Waals surface area (Å²) in [4.78, 5) is 28.5. The van der Waals surface area contributed by atoms with Gasteiger partial charge in [0.25, 0.3) is 5.91 Å². The molecule has 2 aliphatic heterocycles. The Morgan fingerprint density at radius 3 is 3.05 bits per heavy atom. The van der Waals surface area contributed by atoms with Crippen LogP contribution in [0.4, 0.5) is 4.79 Å². The van der Waals surface area contributed by atoms with Crippen molar-refractivity contribution in [1.82, 2.24) is 10.2 Å². The molecule has 21 heavy (non-hydrogen) atoms. The molecule has 0 spiro atoms. The number of thiophene rings is 1. The Labute approximate surface area is 128 Å². The minimum atomic E-state index is -0.315. The largest absolute Gasteiger partial charge is 0.329 e. The van der Waals surface area contributed by atoms with Crippen molar-refractivity contribution in [2.45, 2.75) is 44.7 Å². The van der Waals surface area contributed by atoms with Gasteiger partial charge in [-0.15, -0.1) is 11.3 Å². The molecule has 1 aromatic rings. The van der Waals surface area contributed by atoms with Crippen LogP contribution in [0.5, 0.6) is 0 Å². The third-order valence-electron chi connectivity index (χ3n) is 4.42. The molecule has 3 heterocycles. The van der Waals surface area contributed by atoms with Gasteiger partial charge in [-0.25, -0.2) is 9.69 Å². The van der Waals surface area contributed by atoms with Crippen molar-refractivity contribution in [3.8, 4) is 0 Å². The van der Waals surface area contributed by atoms with Crippen molar-refractivity contribution in [2.75, 3.05) is 13.2 Å². The van der Waals surface area contributed by atoms with Crippen molar-refractivity contribution in [1.29, 1.82) is 0 Å². The van der Waals surface area contributed by atoms with Crippen molar-refractivity contribution < 1.29 is 14.5 Å². The van der Waals surface area contributed by atoms with Gasteiger partial charge in [-0.05, 0) is 17.9 Å². The fraction of sp³-hybridized carbons (Fsp3) is 0.600. The van der Waals surface area contributed by atoms with Crippen LogP contribution in [-0.4, -0.2) is 36.1 Å². The first-order valence-electron chi connectivity index (χ1n) is 7.70. The second-order valence-electron chi connectivity index (χ2n) is 5.83. The second-order valence-corrected chi connectivity index (χ2v) is 6.81. The van der Waals surface area contributed by atoms with Gasteiger partial charge in [0.15, 0.2) is 6.67 Å². The first kappa shape index (κ1) is 14.5. The van der Waals surface area contributed by atoms with Gasteiger partial charge in [-0.1, -0.05) is 19.4 Å². The van der Waals surface area contributed by atoms with Gasteiger partial charge in [0.2, 0.25) is 0 Å². The van der Waals surface area contributed by atoms with E-state index in [1.54, 1.807) is 11.3 Å². The molecular formula is C15H22N3O2S+. The van der Waals surface area contributed by atoms with Gasteiger partial charge < -0.3 is 10.2 Å². The highest BCUT2D eigenvalue weighted by Crippen LogP contribution is 2.23. The van der Waals surface area contributed by atoms with Gasteiger partial charge in [-0.3, -0.25) is 4.79 Å². The Bertz CT molecular complexity index is 517. The number of carbonyl (C=O) groups is 2. The lowest BCUT2D eigenvalue weighted by atomic mass is 10.1. The fourth-order valence-electron chi connectivity index (χ4n) is 3.35. The van der Waals surface area contributed by atoms with E-state index in [1.165, 1.54) is 14.7 Å². The molecule has 0 saturated carbocycles. The lowest BCUT2D eigenvalue weighted by Crippen LogP contribution is -3.12. The summed E-state index contributed by atoms with van der Waals surface area (Å²) >= 11 is 1.77. The first-order chi connectivity index (χ1) is 10.2. The van der Waals surface area contributed by atoms with Crippen LogP contribution in [0.1, 0.15) is 43.5 Å². The molecule has 6 heteroatoms. The maximum absolute atomic E-state index is 12.3. The van der Waals surface area contributed by atoms with Crippen molar-refractivity contribution >= 4 is 23.3 Å². The number of nitrogens with one attached hydrogen (secondary N) is 2. The Morgan fingerprint density at radius 2 is 2.33 bits per heavy atom. The summed E-state index contributed by atoms with van der Waals surface area (Å²) in [6.07, 6.45) is 3.92. The molecule has 2 saturated heterocycles. The summed E-state index contributed by atoms with van der Waals surface area (Å²) in [6.45, 7) is 3.55. The molecule has 0 bridgehead atoms. The summed E-state index contributed by atoms with van der Waals surface area (Å²) in [5.74, 6) is -0.0498. The zero-order chi connectivity index (χ0) is 14.8. The second kappa shape index (κ2) is 6.15. The predicted octanol–water partition coefficient (Wildman–Crippen LogP) is 1.15. The van der Waals surface area contributed by atoms with E-state index in [0.29, 0.717) is 12.7 Å². The Balaban J connectivity index is 1.68. The van der Waals surface area contributed by atoms with E-state index in [-0.39, 0.29) is 18.0 Å². The maximum atomic E-state index is 12.3. The smallest absolute Gasteiger partial charge is 0.326 e. The third kappa shape index (κ3) is 2.82. The highest BCUT2D eigenvalue weighted by molar-refractivity contribution is 7.10. The number of urea groups is 1. The van der Waals surface area contributed by atoms with Crippen LogP contribution < -0.4 is 10.2 Å². The summed E-state index contributed by atoms with van der Waals surface area (Å²) in [5.41, 5.74) is 0. The zero-order valence-electron chi connectivity index (χ0n) is 12.3. The van der Waals surface area contributed by atoms with Gasteiger partial charge in [0.05, 0.1) is 11.4 Å². The van der Waals surface area contributed by atoms with Crippen LogP contribution in [0.3, 0.4) is 0 Å². The molecule has 3 amide bonds. The van der Waals surface area contributed by atoms with Crippen molar-refractivity contribution in [3.05, 3.63) is 22.4 Å². The third-order valence-corrected chi connectivity index (χ3v) is 5.40. The van der Waals surface area contributed by atoms with Gasteiger partial charge >= 0.3 is 6.03 Å². The molecule has 114 valence electrons. The van der Waals surface area contributed by atoms with Gasteiger partial charge in [0, 0.05) is 12.8 Å². The topological polar surface area (TPSA) is 53.9 Å². The average Bonchev–Trinajstić information content (AvgIpc) is 3.17. The number of hydrogen-bond acceptors (Lipinski definition) is 3. The Morgan fingerprint density at radius 1 is 1.48 bits per heavy atom. The summed E-state index contributed by atoms with van der Waals surface area (Å²) < 4.78 is 0. The monoisotopic (exact) mass is 308 g/mol. The van der Waals surface area contributed by atoms with Crippen LogP contribution >= 0.6 is 11.3 Å². The molecule has 0 aromatic carbocycles. The van der Waals surface area contributed by atoms with Crippen molar-refractivity contribution in [3.63, 3.8) is 0 Å². The van der Waals surface area contributed by atoms with Crippen molar-refractivity contribution in [2.24, 2.45) is 0 Å². The minimum Gasteiger partial charge on any atom is -0.326 e.